The third kappa shape index (κ3) is 7.35. The first-order valence-electron chi connectivity index (χ1n) is 9.65. The molecule has 0 aliphatic carbocycles. The lowest BCUT2D eigenvalue weighted by Gasteiger charge is -2.18. The molecule has 8 nitrogen and oxygen atoms in total. The molecule has 3 N–H and O–H groups in total. The van der Waals surface area contributed by atoms with Crippen LogP contribution in [0.3, 0.4) is 0 Å². The van der Waals surface area contributed by atoms with E-state index in [-0.39, 0.29) is 35.9 Å². The molecule has 30 heavy (non-hydrogen) atoms. The van der Waals surface area contributed by atoms with Gasteiger partial charge in [0, 0.05) is 24.1 Å². The molecule has 0 saturated heterocycles. The molecule has 0 aliphatic rings. The number of rotatable bonds is 8. The number of aromatic nitrogens is 1. The van der Waals surface area contributed by atoms with E-state index in [2.05, 4.69) is 41.4 Å². The van der Waals surface area contributed by atoms with Crippen LogP contribution >= 0.6 is 24.0 Å². The average Bonchev–Trinajstić information content (AvgIpc) is 3.19. The predicted octanol–water partition coefficient (Wildman–Crippen LogP) is 3.40. The Labute approximate surface area is 195 Å². The number of hydrogen-bond acceptors (Lipinski definition) is 6. The van der Waals surface area contributed by atoms with Gasteiger partial charge in [-0.2, -0.15) is 0 Å². The van der Waals surface area contributed by atoms with E-state index in [4.69, 9.17) is 13.9 Å². The van der Waals surface area contributed by atoms with Crippen LogP contribution in [0.4, 0.5) is 0 Å². The number of aliphatic imine (C=N–C) groups is 1. The maximum atomic E-state index is 10.6. The monoisotopic (exact) mass is 532 g/mol. The van der Waals surface area contributed by atoms with Gasteiger partial charge >= 0.3 is 0 Å². The van der Waals surface area contributed by atoms with Crippen LogP contribution < -0.4 is 20.1 Å². The molecule has 0 fully saturated rings. The first-order valence-corrected chi connectivity index (χ1v) is 9.65. The van der Waals surface area contributed by atoms with Gasteiger partial charge in [0.05, 0.1) is 26.5 Å². The summed E-state index contributed by atoms with van der Waals surface area (Å²) in [5.41, 5.74) is 0.537. The first kappa shape index (κ1) is 26.0. The van der Waals surface area contributed by atoms with Crippen LogP contribution in [0.5, 0.6) is 11.5 Å². The Morgan fingerprint density at radius 1 is 1.23 bits per heavy atom. The number of ether oxygens (including phenoxy) is 2. The van der Waals surface area contributed by atoms with Gasteiger partial charge in [-0.3, -0.25) is 0 Å². The predicted molar refractivity (Wildman–Crippen MR) is 128 cm³/mol. The second-order valence-electron chi connectivity index (χ2n) is 7.57. The van der Waals surface area contributed by atoms with Crippen molar-refractivity contribution >= 4 is 29.9 Å². The summed E-state index contributed by atoms with van der Waals surface area (Å²) in [6, 6.07) is 5.32. The summed E-state index contributed by atoms with van der Waals surface area (Å²) >= 11 is 0. The number of methoxy groups -OCH3 is 2. The van der Waals surface area contributed by atoms with Crippen LogP contribution in [0.1, 0.15) is 51.0 Å². The Kier molecular flexibility index (Phi) is 10.4. The van der Waals surface area contributed by atoms with E-state index >= 15 is 0 Å². The molecule has 0 spiro atoms. The lowest BCUT2D eigenvalue weighted by atomic mass is 9.94. The fraction of sp³-hybridized carbons (Fsp3) is 0.524. The summed E-state index contributed by atoms with van der Waals surface area (Å²) in [6.07, 6.45) is 0.933. The molecule has 2 rings (SSSR count). The third-order valence-corrected chi connectivity index (χ3v) is 4.27. The van der Waals surface area contributed by atoms with Crippen molar-refractivity contribution < 1.29 is 19.0 Å². The van der Waals surface area contributed by atoms with Gasteiger partial charge in [0.1, 0.15) is 23.8 Å². The largest absolute Gasteiger partial charge is 0.497 e. The van der Waals surface area contributed by atoms with Gasteiger partial charge in [0.2, 0.25) is 5.89 Å². The Morgan fingerprint density at radius 2 is 1.97 bits per heavy atom. The highest BCUT2D eigenvalue weighted by molar-refractivity contribution is 14.0. The van der Waals surface area contributed by atoms with Crippen molar-refractivity contribution in [2.45, 2.75) is 45.8 Å². The van der Waals surface area contributed by atoms with Gasteiger partial charge in [0.25, 0.3) is 0 Å². The fourth-order valence-corrected chi connectivity index (χ4v) is 2.62. The van der Waals surface area contributed by atoms with E-state index in [0.717, 1.165) is 5.76 Å². The molecule has 0 aliphatic heterocycles. The molecule has 1 unspecified atom stereocenters. The van der Waals surface area contributed by atoms with Crippen LogP contribution in [-0.4, -0.2) is 43.4 Å². The zero-order chi connectivity index (χ0) is 21.4. The molecule has 9 heteroatoms. The molecule has 1 aromatic carbocycles. The smallest absolute Gasteiger partial charge is 0.216 e. The fourth-order valence-electron chi connectivity index (χ4n) is 2.62. The molecule has 0 amide bonds. The quantitative estimate of drug-likeness (QED) is 0.272. The van der Waals surface area contributed by atoms with Crippen LogP contribution in [0.25, 0.3) is 0 Å². The number of nitrogens with one attached hydrogen (secondary N) is 2. The highest BCUT2D eigenvalue weighted by Gasteiger charge is 2.19. The van der Waals surface area contributed by atoms with Crippen molar-refractivity contribution in [3.05, 3.63) is 41.6 Å². The van der Waals surface area contributed by atoms with Gasteiger partial charge in [-0.1, -0.05) is 20.8 Å². The highest BCUT2D eigenvalue weighted by Crippen LogP contribution is 2.29. The second kappa shape index (κ2) is 12.0. The first-order chi connectivity index (χ1) is 13.8. The molecule has 1 atom stereocenters. The minimum atomic E-state index is -0.807. The summed E-state index contributed by atoms with van der Waals surface area (Å²) in [5, 5.41) is 16.9. The highest BCUT2D eigenvalue weighted by atomic mass is 127. The lowest BCUT2D eigenvalue weighted by Crippen LogP contribution is -2.39. The Bertz CT molecular complexity index is 818. The van der Waals surface area contributed by atoms with Crippen LogP contribution in [0, 0.1) is 0 Å². The standard InChI is InChI=1S/C21H32N4O4.HI/c1-7-22-20(25-13-19-23-12-18(29-19)21(2,3)4)24-11-16(26)15-10-14(27-5)8-9-17(15)28-6;/h8-10,12,16,26H,7,11,13H2,1-6H3,(H2,22,24,25);1H. The van der Waals surface area contributed by atoms with Crippen molar-refractivity contribution in [3.8, 4) is 11.5 Å². The lowest BCUT2D eigenvalue weighted by molar-refractivity contribution is 0.176. The Balaban J connectivity index is 0.00000450. The molecule has 2 aromatic rings. The SMILES string of the molecule is CCNC(=NCc1ncc(C(C)(C)C)o1)NCC(O)c1cc(OC)ccc1OC.I. The average molecular weight is 532 g/mol. The summed E-state index contributed by atoms with van der Waals surface area (Å²) in [5.74, 6) is 3.17. The molecular formula is C21H33IN4O4. The number of nitrogens with zero attached hydrogens (tertiary/aromatic N) is 2. The minimum Gasteiger partial charge on any atom is -0.497 e. The number of aliphatic hydroxyl groups excluding tert-OH is 1. The van der Waals surface area contributed by atoms with Gasteiger partial charge in [-0.25, -0.2) is 9.98 Å². The van der Waals surface area contributed by atoms with Crippen LogP contribution in [-0.2, 0) is 12.0 Å². The molecule has 0 radical (unpaired) electrons. The van der Waals surface area contributed by atoms with E-state index in [1.807, 2.05) is 6.92 Å². The summed E-state index contributed by atoms with van der Waals surface area (Å²) < 4.78 is 16.4. The van der Waals surface area contributed by atoms with E-state index in [9.17, 15) is 5.11 Å². The minimum absolute atomic E-state index is 0. The van der Waals surface area contributed by atoms with Crippen LogP contribution in [0.2, 0.25) is 0 Å². The van der Waals surface area contributed by atoms with Crippen molar-refractivity contribution in [2.75, 3.05) is 27.3 Å². The van der Waals surface area contributed by atoms with Gasteiger partial charge in [-0.05, 0) is 25.1 Å². The normalized spacial score (nSPS) is 12.7. The van der Waals surface area contributed by atoms with Crippen LogP contribution in [0.15, 0.2) is 33.8 Å². The Morgan fingerprint density at radius 3 is 2.53 bits per heavy atom. The summed E-state index contributed by atoms with van der Waals surface area (Å²) in [6.45, 7) is 9.41. The zero-order valence-electron chi connectivity index (χ0n) is 18.5. The van der Waals surface area contributed by atoms with Gasteiger partial charge in [0.15, 0.2) is 5.96 Å². The number of oxazole rings is 1. The van der Waals surface area contributed by atoms with Crippen molar-refractivity contribution in [3.63, 3.8) is 0 Å². The van der Waals surface area contributed by atoms with E-state index in [1.165, 1.54) is 0 Å². The van der Waals surface area contributed by atoms with E-state index < -0.39 is 6.10 Å². The number of benzene rings is 1. The summed E-state index contributed by atoms with van der Waals surface area (Å²) in [7, 11) is 3.15. The number of hydrogen-bond donors (Lipinski definition) is 3. The number of guanidine groups is 1. The third-order valence-electron chi connectivity index (χ3n) is 4.27. The summed E-state index contributed by atoms with van der Waals surface area (Å²) in [4.78, 5) is 8.78. The van der Waals surface area contributed by atoms with E-state index in [0.29, 0.717) is 42.0 Å². The van der Waals surface area contributed by atoms with Crippen molar-refractivity contribution in [2.24, 2.45) is 4.99 Å². The second-order valence-corrected chi connectivity index (χ2v) is 7.57. The maximum absolute atomic E-state index is 10.6. The molecule has 0 saturated carbocycles. The van der Waals surface area contributed by atoms with E-state index in [1.54, 1.807) is 38.6 Å². The van der Waals surface area contributed by atoms with Crippen molar-refractivity contribution in [1.82, 2.24) is 15.6 Å². The molecule has 1 heterocycles. The Hall–Kier alpha value is -2.01. The maximum Gasteiger partial charge on any atom is 0.216 e. The van der Waals surface area contributed by atoms with Gasteiger partial charge < -0.3 is 29.6 Å². The molecular weight excluding hydrogens is 499 g/mol. The molecule has 0 bridgehead atoms. The molecule has 1 aromatic heterocycles. The number of aliphatic hydroxyl groups is 1. The zero-order valence-corrected chi connectivity index (χ0v) is 20.8. The van der Waals surface area contributed by atoms with Crippen molar-refractivity contribution in [1.29, 1.82) is 0 Å². The number of halogens is 1. The van der Waals surface area contributed by atoms with Gasteiger partial charge in [-0.15, -0.1) is 24.0 Å². The molecule has 168 valence electrons. The topological polar surface area (TPSA) is 101 Å².